The fourth-order valence-corrected chi connectivity index (χ4v) is 3.02. The molecule has 0 saturated carbocycles. The topological polar surface area (TPSA) is 19.4 Å². The smallest absolute Gasteiger partial charge is 0.213 e. The maximum Gasteiger partial charge on any atom is 0.213 e. The molecular weight excluding hydrogens is 277 g/mol. The summed E-state index contributed by atoms with van der Waals surface area (Å²) in [6, 6.07) is 12.4. The number of aromatic nitrogens is 1. The molecule has 3 rings (SSSR count). The largest absolute Gasteiger partial charge is 0.305 e. The summed E-state index contributed by atoms with van der Waals surface area (Å²) < 4.78 is 13.2. The molecule has 1 aromatic carbocycles. The fourth-order valence-electron chi connectivity index (χ4n) is 3.02. The van der Waals surface area contributed by atoms with Gasteiger partial charge in [0.05, 0.1) is 0 Å². The molecule has 1 unspecified atom stereocenters. The molecular formula is C18H22FN3. The molecule has 1 atom stereocenters. The summed E-state index contributed by atoms with van der Waals surface area (Å²) in [4.78, 5) is 8.39. The van der Waals surface area contributed by atoms with Crippen LogP contribution in [0, 0.1) is 5.95 Å². The molecule has 0 aliphatic carbocycles. The van der Waals surface area contributed by atoms with Gasteiger partial charge in [-0.1, -0.05) is 24.3 Å². The van der Waals surface area contributed by atoms with Crippen LogP contribution in [0.3, 0.4) is 0 Å². The van der Waals surface area contributed by atoms with E-state index in [9.17, 15) is 4.39 Å². The Hall–Kier alpha value is -1.78. The highest BCUT2D eigenvalue weighted by Crippen LogP contribution is 2.21. The molecule has 1 saturated heterocycles. The number of likely N-dealkylation sites (tertiary alicyclic amines) is 1. The van der Waals surface area contributed by atoms with Crippen molar-refractivity contribution in [1.29, 1.82) is 0 Å². The van der Waals surface area contributed by atoms with E-state index in [4.69, 9.17) is 0 Å². The number of pyridine rings is 1. The van der Waals surface area contributed by atoms with E-state index in [1.807, 2.05) is 6.07 Å². The molecule has 22 heavy (non-hydrogen) atoms. The Kier molecular flexibility index (Phi) is 4.50. The van der Waals surface area contributed by atoms with Gasteiger partial charge in [0, 0.05) is 37.9 Å². The molecule has 0 N–H and O–H groups in total. The Labute approximate surface area is 131 Å². The lowest BCUT2D eigenvalue weighted by Crippen LogP contribution is -2.31. The van der Waals surface area contributed by atoms with E-state index < -0.39 is 5.95 Å². The molecule has 1 aromatic heterocycles. The molecule has 3 nitrogen and oxygen atoms in total. The van der Waals surface area contributed by atoms with Crippen LogP contribution in [0.5, 0.6) is 0 Å². The highest BCUT2D eigenvalue weighted by molar-refractivity contribution is 5.63. The zero-order valence-electron chi connectivity index (χ0n) is 13.2. The number of rotatable bonds is 4. The van der Waals surface area contributed by atoms with Gasteiger partial charge < -0.3 is 4.90 Å². The molecule has 0 spiro atoms. The minimum Gasteiger partial charge on any atom is -0.305 e. The van der Waals surface area contributed by atoms with Crippen molar-refractivity contribution in [3.63, 3.8) is 0 Å². The van der Waals surface area contributed by atoms with Crippen LogP contribution in [0.1, 0.15) is 12.0 Å². The Balaban J connectivity index is 1.65. The zero-order valence-corrected chi connectivity index (χ0v) is 13.2. The van der Waals surface area contributed by atoms with Crippen molar-refractivity contribution in [3.05, 3.63) is 54.1 Å². The predicted molar refractivity (Wildman–Crippen MR) is 87.0 cm³/mol. The van der Waals surface area contributed by atoms with E-state index in [0.29, 0.717) is 6.04 Å². The predicted octanol–water partition coefficient (Wildman–Crippen LogP) is 3.02. The van der Waals surface area contributed by atoms with Crippen molar-refractivity contribution in [2.45, 2.75) is 19.0 Å². The van der Waals surface area contributed by atoms with Crippen molar-refractivity contribution in [2.75, 3.05) is 27.2 Å². The number of nitrogens with zero attached hydrogens (tertiary/aromatic N) is 3. The van der Waals surface area contributed by atoms with Gasteiger partial charge in [0.25, 0.3) is 0 Å². The molecule has 2 heterocycles. The number of likely N-dealkylation sites (N-methyl/N-ethyl adjacent to an activating group) is 1. The summed E-state index contributed by atoms with van der Waals surface area (Å²) in [5.74, 6) is -0.437. The molecule has 0 bridgehead atoms. The molecule has 1 aliphatic rings. The summed E-state index contributed by atoms with van der Waals surface area (Å²) in [7, 11) is 4.30. The quantitative estimate of drug-likeness (QED) is 0.809. The Morgan fingerprint density at radius 2 is 1.95 bits per heavy atom. The Morgan fingerprint density at radius 3 is 2.59 bits per heavy atom. The van der Waals surface area contributed by atoms with Crippen LogP contribution in [0.2, 0.25) is 0 Å². The first-order valence-corrected chi connectivity index (χ1v) is 7.71. The SMILES string of the molecule is CN(C)C1CCN(Cc2ccc(-c3ccnc(F)c3)cc2)C1. The first-order valence-electron chi connectivity index (χ1n) is 7.71. The summed E-state index contributed by atoms with van der Waals surface area (Å²) >= 11 is 0. The highest BCUT2D eigenvalue weighted by Gasteiger charge is 2.23. The highest BCUT2D eigenvalue weighted by atomic mass is 19.1. The molecule has 116 valence electrons. The van der Waals surface area contributed by atoms with Gasteiger partial charge in [-0.05, 0) is 43.3 Å². The van der Waals surface area contributed by atoms with E-state index in [1.54, 1.807) is 0 Å². The molecule has 0 radical (unpaired) electrons. The average Bonchev–Trinajstić information content (AvgIpc) is 2.97. The van der Waals surface area contributed by atoms with Gasteiger partial charge in [-0.2, -0.15) is 4.39 Å². The summed E-state index contributed by atoms with van der Waals surface area (Å²) in [6.45, 7) is 3.26. The standard InChI is InChI=1S/C18H22FN3/c1-21(2)17-8-10-22(13-17)12-14-3-5-15(6-4-14)16-7-9-20-18(19)11-16/h3-7,9,11,17H,8,10,12-13H2,1-2H3. The van der Waals surface area contributed by atoms with Crippen molar-refractivity contribution in [1.82, 2.24) is 14.8 Å². The van der Waals surface area contributed by atoms with Crippen LogP contribution in [0.25, 0.3) is 11.1 Å². The van der Waals surface area contributed by atoms with Crippen molar-refractivity contribution >= 4 is 0 Å². The maximum atomic E-state index is 13.2. The average molecular weight is 299 g/mol. The molecule has 1 aliphatic heterocycles. The van der Waals surface area contributed by atoms with Gasteiger partial charge in [-0.15, -0.1) is 0 Å². The second kappa shape index (κ2) is 6.55. The van der Waals surface area contributed by atoms with Gasteiger partial charge in [0.1, 0.15) is 0 Å². The number of hydrogen-bond donors (Lipinski definition) is 0. The van der Waals surface area contributed by atoms with E-state index in [2.05, 4.69) is 53.1 Å². The maximum absolute atomic E-state index is 13.2. The minimum absolute atomic E-state index is 0.437. The third kappa shape index (κ3) is 3.51. The van der Waals surface area contributed by atoms with Gasteiger partial charge in [0.15, 0.2) is 0 Å². The monoisotopic (exact) mass is 299 g/mol. The second-order valence-electron chi connectivity index (χ2n) is 6.21. The van der Waals surface area contributed by atoms with E-state index in [1.165, 1.54) is 24.2 Å². The zero-order chi connectivity index (χ0) is 15.5. The summed E-state index contributed by atoms with van der Waals surface area (Å²) in [5, 5.41) is 0. The minimum atomic E-state index is -0.437. The van der Waals surface area contributed by atoms with Crippen molar-refractivity contribution in [3.8, 4) is 11.1 Å². The lowest BCUT2D eigenvalue weighted by molar-refractivity contribution is 0.264. The van der Waals surface area contributed by atoms with Gasteiger partial charge in [-0.3, -0.25) is 4.90 Å². The molecule has 2 aromatic rings. The molecule has 4 heteroatoms. The first kappa shape index (κ1) is 15.1. The molecule has 0 amide bonds. The van der Waals surface area contributed by atoms with Crippen LogP contribution in [0.15, 0.2) is 42.6 Å². The van der Waals surface area contributed by atoms with E-state index in [-0.39, 0.29) is 0 Å². The second-order valence-corrected chi connectivity index (χ2v) is 6.21. The van der Waals surface area contributed by atoms with Crippen LogP contribution in [-0.2, 0) is 6.54 Å². The third-order valence-corrected chi connectivity index (χ3v) is 4.40. The van der Waals surface area contributed by atoms with E-state index >= 15 is 0 Å². The summed E-state index contributed by atoms with van der Waals surface area (Å²) in [5.41, 5.74) is 3.20. The Bertz CT molecular complexity index is 624. The fraction of sp³-hybridized carbons (Fsp3) is 0.389. The van der Waals surface area contributed by atoms with Gasteiger partial charge >= 0.3 is 0 Å². The van der Waals surface area contributed by atoms with Crippen molar-refractivity contribution in [2.24, 2.45) is 0 Å². The number of hydrogen-bond acceptors (Lipinski definition) is 3. The summed E-state index contributed by atoms with van der Waals surface area (Å²) in [6.07, 6.45) is 2.74. The lowest BCUT2D eigenvalue weighted by Gasteiger charge is -2.20. The van der Waals surface area contributed by atoms with Crippen LogP contribution in [-0.4, -0.2) is 48.0 Å². The normalized spacial score (nSPS) is 19.0. The van der Waals surface area contributed by atoms with Crippen LogP contribution < -0.4 is 0 Å². The van der Waals surface area contributed by atoms with Crippen LogP contribution >= 0.6 is 0 Å². The number of benzene rings is 1. The molecule has 1 fully saturated rings. The number of halogens is 1. The third-order valence-electron chi connectivity index (χ3n) is 4.40. The van der Waals surface area contributed by atoms with Gasteiger partial charge in [0.2, 0.25) is 5.95 Å². The Morgan fingerprint density at radius 1 is 1.18 bits per heavy atom. The van der Waals surface area contributed by atoms with Crippen LogP contribution in [0.4, 0.5) is 4.39 Å². The lowest BCUT2D eigenvalue weighted by atomic mass is 10.0. The first-order chi connectivity index (χ1) is 10.6. The van der Waals surface area contributed by atoms with Gasteiger partial charge in [-0.25, -0.2) is 4.98 Å². The van der Waals surface area contributed by atoms with Crippen molar-refractivity contribution < 1.29 is 4.39 Å². The van der Waals surface area contributed by atoms with E-state index in [0.717, 1.165) is 30.8 Å².